The summed E-state index contributed by atoms with van der Waals surface area (Å²) >= 11 is 0. The number of aromatic nitrogens is 5. The van der Waals surface area contributed by atoms with Crippen molar-refractivity contribution in [3.63, 3.8) is 0 Å². The molecule has 0 amide bonds. The highest BCUT2D eigenvalue weighted by Gasteiger charge is 2.16. The number of anilines is 2. The molecule has 5 rings (SSSR count). The summed E-state index contributed by atoms with van der Waals surface area (Å²) in [7, 11) is 0. The number of benzene rings is 2. The Hall–Kier alpha value is -4.92. The first-order chi connectivity index (χ1) is 18.5. The van der Waals surface area contributed by atoms with Crippen LogP contribution in [-0.4, -0.2) is 31.0 Å². The van der Waals surface area contributed by atoms with E-state index in [0.717, 1.165) is 17.0 Å². The molecular formula is C29H26FN7O. The fourth-order valence-corrected chi connectivity index (χ4v) is 4.28. The lowest BCUT2D eigenvalue weighted by Gasteiger charge is -2.15. The van der Waals surface area contributed by atoms with Gasteiger partial charge in [-0.1, -0.05) is 30.3 Å². The smallest absolute Gasteiger partial charge is 0.268 e. The Balaban J connectivity index is 1.39. The molecule has 0 aliphatic heterocycles. The minimum atomic E-state index is -0.582. The van der Waals surface area contributed by atoms with Crippen LogP contribution >= 0.6 is 0 Å². The van der Waals surface area contributed by atoms with E-state index in [1.165, 1.54) is 10.6 Å². The Kier molecular flexibility index (Phi) is 7.17. The number of nitrogen functional groups attached to an aromatic ring is 1. The van der Waals surface area contributed by atoms with Crippen LogP contribution in [0.1, 0.15) is 29.2 Å². The zero-order chi connectivity index (χ0) is 26.5. The van der Waals surface area contributed by atoms with Crippen molar-refractivity contribution in [3.05, 3.63) is 112 Å². The number of fused-ring (bicyclic) bond motifs is 1. The van der Waals surface area contributed by atoms with Crippen molar-refractivity contribution in [2.45, 2.75) is 19.8 Å². The third kappa shape index (κ3) is 5.27. The van der Waals surface area contributed by atoms with Crippen LogP contribution in [0.25, 0.3) is 28.7 Å². The number of hydrogen-bond acceptors (Lipinski definition) is 7. The van der Waals surface area contributed by atoms with Gasteiger partial charge in [-0.2, -0.15) is 4.98 Å². The van der Waals surface area contributed by atoms with Crippen molar-refractivity contribution in [2.75, 3.05) is 17.6 Å². The Morgan fingerprint density at radius 2 is 1.79 bits per heavy atom. The molecule has 0 aliphatic rings. The van der Waals surface area contributed by atoms with Crippen LogP contribution in [0.2, 0.25) is 0 Å². The molecule has 0 aliphatic carbocycles. The summed E-state index contributed by atoms with van der Waals surface area (Å²) in [6.45, 7) is 2.41. The molecule has 3 aromatic heterocycles. The molecule has 0 atom stereocenters. The molecule has 0 unspecified atom stereocenters. The molecule has 8 nitrogen and oxygen atoms in total. The van der Waals surface area contributed by atoms with Crippen molar-refractivity contribution in [3.8, 4) is 5.69 Å². The van der Waals surface area contributed by atoms with Crippen molar-refractivity contribution < 1.29 is 4.39 Å². The van der Waals surface area contributed by atoms with Crippen LogP contribution in [0.5, 0.6) is 0 Å². The molecule has 0 bridgehead atoms. The Labute approximate surface area is 218 Å². The topological polar surface area (TPSA) is 112 Å². The van der Waals surface area contributed by atoms with Crippen LogP contribution in [-0.2, 0) is 6.42 Å². The highest BCUT2D eigenvalue weighted by Crippen LogP contribution is 2.21. The molecule has 9 heteroatoms. The standard InChI is InChI=1S/C29H26FN7O/c1-19-22(16-15-20-9-5-6-17-32-20)27(36-29(31)34-19)33-18-8-14-25-35-24-13-7-12-23(30)26(24)28(38)37(25)21-10-3-2-4-11-21/h2-7,9-13,15-17H,8,14,18H2,1H3,(H3,31,33,34,36)/b16-15+. The number of aryl methyl sites for hydroxylation is 2. The number of halogens is 1. The Morgan fingerprint density at radius 1 is 0.974 bits per heavy atom. The summed E-state index contributed by atoms with van der Waals surface area (Å²) in [5.41, 5.74) is 8.83. The average Bonchev–Trinajstić information content (AvgIpc) is 2.91. The fraction of sp³-hybridized carbons (Fsp3) is 0.138. The predicted molar refractivity (Wildman–Crippen MR) is 148 cm³/mol. The van der Waals surface area contributed by atoms with Gasteiger partial charge in [0.15, 0.2) is 0 Å². The fourth-order valence-electron chi connectivity index (χ4n) is 4.28. The maximum atomic E-state index is 14.5. The highest BCUT2D eigenvalue weighted by atomic mass is 19.1. The number of nitrogens with two attached hydrogens (primary N) is 1. The van der Waals surface area contributed by atoms with E-state index in [0.29, 0.717) is 42.2 Å². The largest absolute Gasteiger partial charge is 0.369 e. The second kappa shape index (κ2) is 11.0. The van der Waals surface area contributed by atoms with Crippen LogP contribution in [0.15, 0.2) is 77.7 Å². The second-order valence-electron chi connectivity index (χ2n) is 8.69. The van der Waals surface area contributed by atoms with E-state index in [-0.39, 0.29) is 11.3 Å². The van der Waals surface area contributed by atoms with E-state index < -0.39 is 11.4 Å². The van der Waals surface area contributed by atoms with Gasteiger partial charge in [0.05, 0.1) is 22.6 Å². The number of hydrogen-bond donors (Lipinski definition) is 2. The maximum absolute atomic E-state index is 14.5. The molecule has 0 saturated carbocycles. The molecule has 3 N–H and O–H groups in total. The minimum Gasteiger partial charge on any atom is -0.369 e. The van der Waals surface area contributed by atoms with Crippen LogP contribution in [0, 0.1) is 12.7 Å². The van der Waals surface area contributed by atoms with Crippen molar-refractivity contribution in [2.24, 2.45) is 0 Å². The SMILES string of the molecule is Cc1nc(N)nc(NCCCc2nc3cccc(F)c3c(=O)n2-c2ccccc2)c1/C=C/c1ccccn1. The molecule has 2 aromatic carbocycles. The van der Waals surface area contributed by atoms with E-state index in [1.54, 1.807) is 18.3 Å². The molecule has 0 spiro atoms. The summed E-state index contributed by atoms with van der Waals surface area (Å²) in [6.07, 6.45) is 6.64. The molecular weight excluding hydrogens is 481 g/mol. The highest BCUT2D eigenvalue weighted by molar-refractivity contribution is 5.79. The van der Waals surface area contributed by atoms with Crippen LogP contribution in [0.3, 0.4) is 0 Å². The monoisotopic (exact) mass is 507 g/mol. The summed E-state index contributed by atoms with van der Waals surface area (Å²) in [4.78, 5) is 31.0. The lowest BCUT2D eigenvalue weighted by atomic mass is 10.1. The molecule has 0 radical (unpaired) electrons. The normalized spacial score (nSPS) is 11.3. The summed E-state index contributed by atoms with van der Waals surface area (Å²) in [5.74, 6) is 0.753. The lowest BCUT2D eigenvalue weighted by Crippen LogP contribution is -2.25. The van der Waals surface area contributed by atoms with Gasteiger partial charge in [-0.05, 0) is 61.9 Å². The zero-order valence-electron chi connectivity index (χ0n) is 20.8. The number of para-hydroxylation sites is 1. The third-order valence-corrected chi connectivity index (χ3v) is 6.06. The Bertz CT molecular complexity index is 1670. The summed E-state index contributed by atoms with van der Waals surface area (Å²) < 4.78 is 16.0. The zero-order valence-corrected chi connectivity index (χ0v) is 20.8. The maximum Gasteiger partial charge on any atom is 0.268 e. The number of nitrogens with one attached hydrogen (secondary N) is 1. The van der Waals surface area contributed by atoms with Gasteiger partial charge < -0.3 is 11.1 Å². The molecule has 3 heterocycles. The van der Waals surface area contributed by atoms with Crippen LogP contribution in [0.4, 0.5) is 16.2 Å². The van der Waals surface area contributed by atoms with E-state index in [1.807, 2.05) is 67.6 Å². The van der Waals surface area contributed by atoms with Crippen LogP contribution < -0.4 is 16.6 Å². The van der Waals surface area contributed by atoms with Crippen molar-refractivity contribution in [1.82, 2.24) is 24.5 Å². The summed E-state index contributed by atoms with van der Waals surface area (Å²) in [5, 5.41) is 3.32. The van der Waals surface area contributed by atoms with E-state index in [4.69, 9.17) is 5.73 Å². The first-order valence-electron chi connectivity index (χ1n) is 12.2. The van der Waals surface area contributed by atoms with Gasteiger partial charge in [-0.15, -0.1) is 0 Å². The van der Waals surface area contributed by atoms with Gasteiger partial charge in [-0.25, -0.2) is 14.4 Å². The van der Waals surface area contributed by atoms with Gasteiger partial charge in [0.25, 0.3) is 5.56 Å². The number of nitrogens with zero attached hydrogens (tertiary/aromatic N) is 5. The first kappa shape index (κ1) is 24.8. The molecule has 5 aromatic rings. The van der Waals surface area contributed by atoms with Gasteiger partial charge >= 0.3 is 0 Å². The second-order valence-corrected chi connectivity index (χ2v) is 8.69. The quantitative estimate of drug-likeness (QED) is 0.290. The minimum absolute atomic E-state index is 0.0190. The number of pyridine rings is 1. The van der Waals surface area contributed by atoms with Crippen molar-refractivity contribution >= 4 is 34.8 Å². The van der Waals surface area contributed by atoms with Gasteiger partial charge in [-0.3, -0.25) is 14.3 Å². The first-order valence-corrected chi connectivity index (χ1v) is 12.2. The predicted octanol–water partition coefficient (Wildman–Crippen LogP) is 4.82. The Morgan fingerprint density at radius 3 is 2.58 bits per heavy atom. The molecule has 190 valence electrons. The third-order valence-electron chi connectivity index (χ3n) is 6.06. The summed E-state index contributed by atoms with van der Waals surface area (Å²) in [6, 6.07) is 19.3. The van der Waals surface area contributed by atoms with Gasteiger partial charge in [0, 0.05) is 24.7 Å². The van der Waals surface area contributed by atoms with Gasteiger partial charge in [0.1, 0.15) is 22.8 Å². The molecule has 38 heavy (non-hydrogen) atoms. The van der Waals surface area contributed by atoms with E-state index >= 15 is 0 Å². The number of rotatable bonds is 8. The lowest BCUT2D eigenvalue weighted by molar-refractivity contribution is 0.636. The average molecular weight is 508 g/mol. The van der Waals surface area contributed by atoms with E-state index in [2.05, 4.69) is 25.3 Å². The molecule has 0 fully saturated rings. The van der Waals surface area contributed by atoms with Gasteiger partial charge in [0.2, 0.25) is 5.95 Å². The van der Waals surface area contributed by atoms with Crippen molar-refractivity contribution in [1.29, 1.82) is 0 Å². The molecule has 0 saturated heterocycles. The van der Waals surface area contributed by atoms with E-state index in [9.17, 15) is 9.18 Å².